The van der Waals surface area contributed by atoms with Crippen molar-refractivity contribution in [2.45, 2.75) is 38.3 Å². The standard InChI is InChI=1S/C21H25NO/c1-3-4-15-22-16(2)13-14-21(23)19-11-7-5-9-17(19)18-10-6-8-12-20(18)21/h3-12,16,22-23H,13-15H2,1-2H3/b4-3+. The van der Waals surface area contributed by atoms with Gasteiger partial charge in [0, 0.05) is 12.6 Å². The molecule has 2 heteroatoms. The molecule has 2 aromatic rings. The topological polar surface area (TPSA) is 32.3 Å². The summed E-state index contributed by atoms with van der Waals surface area (Å²) in [6.07, 6.45) is 5.82. The Kier molecular flexibility index (Phi) is 4.65. The predicted octanol–water partition coefficient (Wildman–Crippen LogP) is 4.24. The minimum atomic E-state index is -0.871. The van der Waals surface area contributed by atoms with E-state index in [0.29, 0.717) is 6.04 Å². The Balaban J connectivity index is 1.83. The van der Waals surface area contributed by atoms with Crippen LogP contribution in [0.3, 0.4) is 0 Å². The van der Waals surface area contributed by atoms with Gasteiger partial charge in [0.1, 0.15) is 5.60 Å². The molecule has 0 saturated carbocycles. The van der Waals surface area contributed by atoms with Gasteiger partial charge >= 0.3 is 0 Å². The summed E-state index contributed by atoms with van der Waals surface area (Å²) in [6.45, 7) is 5.09. The average molecular weight is 307 g/mol. The average Bonchev–Trinajstić information content (AvgIpc) is 2.84. The number of benzene rings is 2. The monoisotopic (exact) mass is 307 g/mol. The predicted molar refractivity (Wildman–Crippen MR) is 96.4 cm³/mol. The van der Waals surface area contributed by atoms with Crippen molar-refractivity contribution in [2.24, 2.45) is 0 Å². The van der Waals surface area contributed by atoms with Gasteiger partial charge in [0.25, 0.3) is 0 Å². The van der Waals surface area contributed by atoms with E-state index in [1.165, 1.54) is 11.1 Å². The highest BCUT2D eigenvalue weighted by atomic mass is 16.3. The van der Waals surface area contributed by atoms with Gasteiger partial charge in [-0.3, -0.25) is 0 Å². The van der Waals surface area contributed by atoms with Crippen molar-refractivity contribution in [2.75, 3.05) is 6.54 Å². The van der Waals surface area contributed by atoms with Crippen molar-refractivity contribution in [3.63, 3.8) is 0 Å². The number of rotatable bonds is 6. The summed E-state index contributed by atoms with van der Waals surface area (Å²) in [6, 6.07) is 16.8. The maximum atomic E-state index is 11.5. The molecule has 1 unspecified atom stereocenters. The van der Waals surface area contributed by atoms with Gasteiger partial charge in [-0.25, -0.2) is 0 Å². The molecule has 0 heterocycles. The van der Waals surface area contributed by atoms with Gasteiger partial charge in [-0.05, 0) is 48.9 Å². The highest BCUT2D eigenvalue weighted by Gasteiger charge is 2.40. The normalized spacial score (nSPS) is 16.3. The molecule has 2 nitrogen and oxygen atoms in total. The fourth-order valence-electron chi connectivity index (χ4n) is 3.49. The number of hydrogen-bond acceptors (Lipinski definition) is 2. The number of nitrogens with one attached hydrogen (secondary N) is 1. The van der Waals surface area contributed by atoms with Gasteiger partial charge in [0.2, 0.25) is 0 Å². The third-order valence-electron chi connectivity index (χ3n) is 4.79. The Bertz CT molecular complexity index is 659. The molecule has 0 aromatic heterocycles. The van der Waals surface area contributed by atoms with Gasteiger partial charge in [-0.2, -0.15) is 0 Å². The molecule has 0 bridgehead atoms. The first kappa shape index (κ1) is 16.0. The number of hydrogen-bond donors (Lipinski definition) is 2. The van der Waals surface area contributed by atoms with E-state index in [1.54, 1.807) is 0 Å². The zero-order valence-electron chi connectivity index (χ0n) is 13.9. The summed E-state index contributed by atoms with van der Waals surface area (Å²) >= 11 is 0. The van der Waals surface area contributed by atoms with E-state index in [4.69, 9.17) is 0 Å². The first-order valence-corrected chi connectivity index (χ1v) is 8.43. The van der Waals surface area contributed by atoms with Gasteiger partial charge in [0.15, 0.2) is 0 Å². The molecule has 2 aromatic carbocycles. The van der Waals surface area contributed by atoms with Crippen molar-refractivity contribution in [3.05, 3.63) is 71.8 Å². The maximum absolute atomic E-state index is 11.5. The minimum absolute atomic E-state index is 0.371. The zero-order valence-corrected chi connectivity index (χ0v) is 13.9. The Labute approximate surface area is 138 Å². The van der Waals surface area contributed by atoms with E-state index >= 15 is 0 Å². The molecule has 0 saturated heterocycles. The van der Waals surface area contributed by atoms with Crippen LogP contribution in [0.25, 0.3) is 11.1 Å². The Morgan fingerprint density at radius 1 is 1.04 bits per heavy atom. The van der Waals surface area contributed by atoms with Gasteiger partial charge in [-0.1, -0.05) is 60.7 Å². The first-order valence-electron chi connectivity index (χ1n) is 8.43. The van der Waals surface area contributed by atoms with E-state index in [2.05, 4.69) is 48.7 Å². The molecule has 0 fully saturated rings. The minimum Gasteiger partial charge on any atom is -0.380 e. The Morgan fingerprint density at radius 2 is 1.61 bits per heavy atom. The Morgan fingerprint density at radius 3 is 2.17 bits per heavy atom. The van der Waals surface area contributed by atoms with Crippen molar-refractivity contribution < 1.29 is 5.11 Å². The molecule has 2 N–H and O–H groups in total. The van der Waals surface area contributed by atoms with Crippen molar-refractivity contribution in [3.8, 4) is 11.1 Å². The summed E-state index contributed by atoms with van der Waals surface area (Å²) in [4.78, 5) is 0. The summed E-state index contributed by atoms with van der Waals surface area (Å²) in [5.74, 6) is 0. The molecular weight excluding hydrogens is 282 g/mol. The molecule has 120 valence electrons. The van der Waals surface area contributed by atoms with Crippen LogP contribution in [0.4, 0.5) is 0 Å². The SMILES string of the molecule is C/C=C/CNC(C)CCC1(O)c2ccccc2-c2ccccc21. The van der Waals surface area contributed by atoms with Crippen LogP contribution < -0.4 is 5.32 Å². The maximum Gasteiger partial charge on any atom is 0.116 e. The van der Waals surface area contributed by atoms with Crippen LogP contribution in [0.5, 0.6) is 0 Å². The van der Waals surface area contributed by atoms with Gasteiger partial charge < -0.3 is 10.4 Å². The van der Waals surface area contributed by atoms with Crippen molar-refractivity contribution in [1.29, 1.82) is 0 Å². The highest BCUT2D eigenvalue weighted by molar-refractivity contribution is 5.79. The quantitative estimate of drug-likeness (QED) is 0.783. The lowest BCUT2D eigenvalue weighted by Gasteiger charge is -2.27. The molecule has 0 aliphatic heterocycles. The van der Waals surface area contributed by atoms with E-state index < -0.39 is 5.60 Å². The van der Waals surface area contributed by atoms with E-state index in [9.17, 15) is 5.11 Å². The molecule has 0 amide bonds. The van der Waals surface area contributed by atoms with Crippen LogP contribution in [-0.2, 0) is 5.60 Å². The number of allylic oxidation sites excluding steroid dienone is 1. The van der Waals surface area contributed by atoms with Crippen LogP contribution in [0.1, 0.15) is 37.8 Å². The second-order valence-corrected chi connectivity index (χ2v) is 6.37. The van der Waals surface area contributed by atoms with Crippen LogP contribution >= 0.6 is 0 Å². The molecule has 23 heavy (non-hydrogen) atoms. The second-order valence-electron chi connectivity index (χ2n) is 6.37. The summed E-state index contributed by atoms with van der Waals surface area (Å²) in [5, 5.41) is 14.9. The summed E-state index contributed by atoms with van der Waals surface area (Å²) in [7, 11) is 0. The highest BCUT2D eigenvalue weighted by Crippen LogP contribution is 2.49. The van der Waals surface area contributed by atoms with Crippen molar-refractivity contribution >= 4 is 0 Å². The van der Waals surface area contributed by atoms with E-state index in [1.807, 2.05) is 31.2 Å². The smallest absolute Gasteiger partial charge is 0.116 e. The largest absolute Gasteiger partial charge is 0.380 e. The first-order chi connectivity index (χ1) is 11.2. The van der Waals surface area contributed by atoms with Crippen LogP contribution in [0, 0.1) is 0 Å². The fourth-order valence-corrected chi connectivity index (χ4v) is 3.49. The lowest BCUT2D eigenvalue weighted by atomic mass is 9.86. The lowest BCUT2D eigenvalue weighted by Crippen LogP contribution is -2.31. The lowest BCUT2D eigenvalue weighted by molar-refractivity contribution is 0.0707. The fraction of sp³-hybridized carbons (Fsp3) is 0.333. The number of fused-ring (bicyclic) bond motifs is 3. The molecule has 0 radical (unpaired) electrons. The molecular formula is C21H25NO. The molecule has 1 atom stereocenters. The van der Waals surface area contributed by atoms with Gasteiger partial charge in [0.05, 0.1) is 0 Å². The third-order valence-corrected chi connectivity index (χ3v) is 4.79. The second kappa shape index (κ2) is 6.69. The summed E-state index contributed by atoms with van der Waals surface area (Å²) in [5.41, 5.74) is 3.55. The van der Waals surface area contributed by atoms with Crippen LogP contribution in [0.15, 0.2) is 60.7 Å². The molecule has 0 spiro atoms. The third kappa shape index (κ3) is 2.97. The van der Waals surface area contributed by atoms with Crippen LogP contribution in [-0.4, -0.2) is 17.7 Å². The Hall–Kier alpha value is -1.90. The molecule has 1 aliphatic rings. The van der Waals surface area contributed by atoms with E-state index in [0.717, 1.165) is 30.5 Å². The van der Waals surface area contributed by atoms with Gasteiger partial charge in [-0.15, -0.1) is 0 Å². The number of aliphatic hydroxyl groups is 1. The summed E-state index contributed by atoms with van der Waals surface area (Å²) < 4.78 is 0. The molecule has 3 rings (SSSR count). The van der Waals surface area contributed by atoms with Crippen LogP contribution in [0.2, 0.25) is 0 Å². The zero-order chi connectivity index (χ0) is 16.3. The van der Waals surface area contributed by atoms with E-state index in [-0.39, 0.29) is 0 Å². The molecule has 1 aliphatic carbocycles. The van der Waals surface area contributed by atoms with Crippen molar-refractivity contribution in [1.82, 2.24) is 5.32 Å².